The van der Waals surface area contributed by atoms with Gasteiger partial charge in [-0.25, -0.2) is 4.79 Å². The van der Waals surface area contributed by atoms with Gasteiger partial charge in [-0.15, -0.1) is 0 Å². The van der Waals surface area contributed by atoms with Crippen molar-refractivity contribution in [3.05, 3.63) is 0 Å². The highest BCUT2D eigenvalue weighted by Crippen LogP contribution is 2.17. The van der Waals surface area contributed by atoms with Crippen LogP contribution in [0.15, 0.2) is 0 Å². The van der Waals surface area contributed by atoms with Crippen LogP contribution in [0.1, 0.15) is 58.3 Å². The zero-order valence-electron chi connectivity index (χ0n) is 13.0. The van der Waals surface area contributed by atoms with Gasteiger partial charge in [0.25, 0.3) is 0 Å². The fourth-order valence-electron chi connectivity index (χ4n) is 2.01. The Balaban J connectivity index is 4.28. The van der Waals surface area contributed by atoms with E-state index in [9.17, 15) is 14.4 Å². The average Bonchev–Trinajstić information content (AvgIpc) is 2.47. The maximum atomic E-state index is 11.8. The fourth-order valence-corrected chi connectivity index (χ4v) is 2.01. The van der Waals surface area contributed by atoms with Crippen LogP contribution in [0, 0.1) is 5.92 Å². The zero-order valence-corrected chi connectivity index (χ0v) is 13.0. The number of unbranched alkanes of at least 4 members (excludes halogenated alkanes) is 5. The molecule has 0 bridgehead atoms. The minimum atomic E-state index is -1.79. The van der Waals surface area contributed by atoms with Gasteiger partial charge in [0.1, 0.15) is 0 Å². The smallest absolute Gasteiger partial charge is 0.345 e. The van der Waals surface area contributed by atoms with Crippen molar-refractivity contribution in [3.63, 3.8) is 0 Å². The average molecular weight is 318 g/mol. The molecule has 0 aliphatic heterocycles. The lowest BCUT2D eigenvalue weighted by Crippen LogP contribution is -2.32. The van der Waals surface area contributed by atoms with Crippen molar-refractivity contribution in [1.82, 2.24) is 0 Å². The van der Waals surface area contributed by atoms with Gasteiger partial charge >= 0.3 is 17.9 Å². The van der Waals surface area contributed by atoms with Crippen molar-refractivity contribution in [1.29, 1.82) is 0 Å². The third-order valence-corrected chi connectivity index (χ3v) is 3.31. The van der Waals surface area contributed by atoms with Crippen LogP contribution in [0.3, 0.4) is 0 Å². The molecule has 2 unspecified atom stereocenters. The van der Waals surface area contributed by atoms with Gasteiger partial charge in [-0.1, -0.05) is 45.4 Å². The van der Waals surface area contributed by atoms with E-state index in [1.807, 2.05) is 0 Å². The Bertz CT molecular complexity index is 354. The summed E-state index contributed by atoms with van der Waals surface area (Å²) in [6.45, 7) is 1.25. The minimum Gasteiger partial charge on any atom is -0.481 e. The molecule has 2 atom stereocenters. The van der Waals surface area contributed by atoms with Crippen molar-refractivity contribution in [3.8, 4) is 0 Å². The Labute approximate surface area is 130 Å². The van der Waals surface area contributed by atoms with E-state index in [4.69, 9.17) is 15.3 Å². The highest BCUT2D eigenvalue weighted by atomic mass is 16.6. The van der Waals surface area contributed by atoms with Crippen LogP contribution in [0.4, 0.5) is 0 Å². The minimum absolute atomic E-state index is 0.319. The maximum absolute atomic E-state index is 11.8. The van der Waals surface area contributed by atoms with Crippen molar-refractivity contribution >= 4 is 17.9 Å². The largest absolute Gasteiger partial charge is 0.481 e. The molecule has 22 heavy (non-hydrogen) atoms. The molecular formula is C15H26O7. The number of carboxylic acid groups (broad SMARTS) is 1. The molecule has 0 amide bonds. The van der Waals surface area contributed by atoms with Crippen LogP contribution in [-0.4, -0.2) is 45.9 Å². The van der Waals surface area contributed by atoms with Crippen LogP contribution in [0.5, 0.6) is 0 Å². The number of rotatable bonds is 12. The molecule has 3 N–H and O–H groups in total. The van der Waals surface area contributed by atoms with E-state index in [1.54, 1.807) is 0 Å². The summed E-state index contributed by atoms with van der Waals surface area (Å²) in [5, 5.41) is 26.4. The van der Waals surface area contributed by atoms with Crippen molar-refractivity contribution in [2.45, 2.75) is 64.4 Å². The van der Waals surface area contributed by atoms with Gasteiger partial charge in [0.2, 0.25) is 0 Å². The first-order chi connectivity index (χ1) is 10.4. The van der Waals surface area contributed by atoms with Crippen LogP contribution >= 0.6 is 0 Å². The molecule has 0 spiro atoms. The lowest BCUT2D eigenvalue weighted by atomic mass is 9.97. The van der Waals surface area contributed by atoms with Gasteiger partial charge in [-0.05, 0) is 6.42 Å². The second-order valence-corrected chi connectivity index (χ2v) is 5.29. The molecule has 0 fully saturated rings. The molecule has 7 nitrogen and oxygen atoms in total. The van der Waals surface area contributed by atoms with E-state index in [1.165, 1.54) is 0 Å². The molecule has 0 saturated carbocycles. The number of carbonyl (C=O) groups excluding carboxylic acids is 2. The van der Waals surface area contributed by atoms with Gasteiger partial charge in [0.05, 0.1) is 18.9 Å². The molecule has 7 heteroatoms. The third kappa shape index (κ3) is 9.46. The number of aliphatic carboxylic acids is 1. The molecule has 0 aromatic rings. The first-order valence-electron chi connectivity index (χ1n) is 7.68. The Kier molecular flexibility index (Phi) is 11.3. The lowest BCUT2D eigenvalue weighted by Gasteiger charge is -2.14. The number of hydrogen-bond donors (Lipinski definition) is 3. The van der Waals surface area contributed by atoms with E-state index >= 15 is 0 Å². The van der Waals surface area contributed by atoms with Gasteiger partial charge in [-0.3, -0.25) is 9.59 Å². The predicted octanol–water partition coefficient (Wildman–Crippen LogP) is 1.25. The molecule has 0 aliphatic rings. The van der Waals surface area contributed by atoms with E-state index in [2.05, 4.69) is 11.7 Å². The number of aliphatic hydroxyl groups is 2. The van der Waals surface area contributed by atoms with Gasteiger partial charge in [0.15, 0.2) is 6.10 Å². The summed E-state index contributed by atoms with van der Waals surface area (Å²) >= 11 is 0. The fraction of sp³-hybridized carbons (Fsp3) is 0.800. The van der Waals surface area contributed by atoms with Crippen LogP contribution in [0.2, 0.25) is 0 Å². The van der Waals surface area contributed by atoms with Crippen molar-refractivity contribution < 1.29 is 34.4 Å². The van der Waals surface area contributed by atoms with Crippen LogP contribution in [-0.2, 0) is 19.1 Å². The summed E-state index contributed by atoms with van der Waals surface area (Å²) in [7, 11) is 0. The number of esters is 2. The monoisotopic (exact) mass is 318 g/mol. The van der Waals surface area contributed by atoms with Crippen LogP contribution in [0.25, 0.3) is 0 Å². The molecule has 0 aromatic carbocycles. The molecule has 0 aromatic heterocycles. The number of carboxylic acids is 1. The zero-order chi connectivity index (χ0) is 17.0. The first kappa shape index (κ1) is 20.5. The molecular weight excluding hydrogens is 292 g/mol. The summed E-state index contributed by atoms with van der Waals surface area (Å²) in [6, 6.07) is 0. The van der Waals surface area contributed by atoms with E-state index in [0.717, 1.165) is 32.1 Å². The Morgan fingerprint density at radius 2 is 1.59 bits per heavy atom. The van der Waals surface area contributed by atoms with Crippen molar-refractivity contribution in [2.24, 2.45) is 5.92 Å². The summed E-state index contributed by atoms with van der Waals surface area (Å²) in [6.07, 6.45) is 4.07. The molecule has 0 heterocycles. The highest BCUT2D eigenvalue weighted by molar-refractivity contribution is 5.90. The van der Waals surface area contributed by atoms with Gasteiger partial charge in [0, 0.05) is 0 Å². The maximum Gasteiger partial charge on any atom is 0.345 e. The Hall–Kier alpha value is -1.47. The molecule has 0 radical (unpaired) electrons. The second kappa shape index (κ2) is 12.1. The number of ether oxygens (including phenoxy) is 1. The first-order valence-corrected chi connectivity index (χ1v) is 7.68. The van der Waals surface area contributed by atoms with E-state index in [-0.39, 0.29) is 0 Å². The van der Waals surface area contributed by atoms with Crippen molar-refractivity contribution in [2.75, 3.05) is 6.61 Å². The standard InChI is InChI=1S/C15H26O7/c1-2-3-4-5-6-7-8-11(9-13(18)19)14(20)22-15(21)12(17)10-16/h11-12,16-17H,2-10H2,1H3,(H,18,19). The Morgan fingerprint density at radius 3 is 2.14 bits per heavy atom. The summed E-state index contributed by atoms with van der Waals surface area (Å²) < 4.78 is 4.41. The number of carbonyl (C=O) groups is 3. The third-order valence-electron chi connectivity index (χ3n) is 3.31. The number of hydrogen-bond acceptors (Lipinski definition) is 6. The topological polar surface area (TPSA) is 121 Å². The summed E-state index contributed by atoms with van der Waals surface area (Å²) in [5.74, 6) is -4.29. The number of aliphatic hydroxyl groups excluding tert-OH is 2. The Morgan fingerprint density at radius 1 is 1.00 bits per heavy atom. The SMILES string of the molecule is CCCCCCCCC(CC(=O)O)C(=O)OC(=O)C(O)CO. The normalized spacial score (nSPS) is 13.4. The van der Waals surface area contributed by atoms with E-state index in [0.29, 0.717) is 12.8 Å². The molecule has 128 valence electrons. The quantitative estimate of drug-likeness (QED) is 0.281. The highest BCUT2D eigenvalue weighted by Gasteiger charge is 2.27. The second-order valence-electron chi connectivity index (χ2n) is 5.29. The predicted molar refractivity (Wildman–Crippen MR) is 77.9 cm³/mol. The lowest BCUT2D eigenvalue weighted by molar-refractivity contribution is -0.171. The molecule has 0 aliphatic carbocycles. The van der Waals surface area contributed by atoms with E-state index < -0.39 is 43.0 Å². The molecule has 0 rings (SSSR count). The summed E-state index contributed by atoms with van der Waals surface area (Å²) in [4.78, 5) is 33.8. The van der Waals surface area contributed by atoms with Gasteiger partial charge < -0.3 is 20.1 Å². The summed E-state index contributed by atoms with van der Waals surface area (Å²) in [5.41, 5.74) is 0. The van der Waals surface area contributed by atoms with Crippen LogP contribution < -0.4 is 0 Å². The van der Waals surface area contributed by atoms with Gasteiger partial charge in [-0.2, -0.15) is 0 Å². The molecule has 0 saturated heterocycles.